The molecule has 4 atom stereocenters. The molecule has 6 aliphatic rings. The van der Waals surface area contributed by atoms with Gasteiger partial charge >= 0.3 is 34.1 Å². The summed E-state index contributed by atoms with van der Waals surface area (Å²) in [5.41, 5.74) is -1.64. The maximum atomic E-state index is 14.0. The predicted octanol–water partition coefficient (Wildman–Crippen LogP) is 0.525. The van der Waals surface area contributed by atoms with Crippen molar-refractivity contribution in [3.63, 3.8) is 0 Å². The fraction of sp³-hybridized carbons (Fsp3) is 0.643. The number of aryl methyl sites for hydroxylation is 4. The fourth-order valence-electron chi connectivity index (χ4n) is 9.71. The van der Waals surface area contributed by atoms with E-state index in [1.165, 1.54) is 15.2 Å². The van der Waals surface area contributed by atoms with Gasteiger partial charge in [-0.05, 0) is 94.6 Å². The van der Waals surface area contributed by atoms with Crippen molar-refractivity contribution in [3.8, 4) is 0 Å². The molecule has 0 aliphatic carbocycles. The highest BCUT2D eigenvalue weighted by Crippen LogP contribution is 2.40. The lowest BCUT2D eigenvalue weighted by Gasteiger charge is -2.40. The average molecular weight is 847 g/mol. The van der Waals surface area contributed by atoms with Crippen LogP contribution in [0.2, 0.25) is 0 Å². The number of nitrogens with one attached hydrogen (secondary N) is 1. The van der Waals surface area contributed by atoms with Crippen molar-refractivity contribution in [1.29, 1.82) is 0 Å². The number of fused-ring (bicyclic) bond motifs is 5. The summed E-state index contributed by atoms with van der Waals surface area (Å²) in [6.45, 7) is 3.35. The van der Waals surface area contributed by atoms with E-state index in [-0.39, 0.29) is 35.5 Å². The number of H-pyrrole nitrogens is 1. The van der Waals surface area contributed by atoms with Crippen LogP contribution >= 0.6 is 0 Å². The quantitative estimate of drug-likeness (QED) is 0.221. The summed E-state index contributed by atoms with van der Waals surface area (Å²) in [5, 5.41) is 10.8. The number of aliphatic hydroxyl groups excluding tert-OH is 1. The van der Waals surface area contributed by atoms with Crippen LogP contribution in [-0.2, 0) is 63.1 Å². The Balaban J connectivity index is 0.000000150. The van der Waals surface area contributed by atoms with Crippen LogP contribution in [0.5, 0.6) is 0 Å². The van der Waals surface area contributed by atoms with E-state index in [9.17, 15) is 38.3 Å². The second-order valence-electron chi connectivity index (χ2n) is 17.2. The topological polar surface area (TPSA) is 218 Å². The maximum absolute atomic E-state index is 14.0. The molecular formula is C42H55FN10O8. The van der Waals surface area contributed by atoms with Crippen LogP contribution in [0, 0.1) is 11.7 Å². The molecule has 19 heteroatoms. The SMILES string of the molecule is O=c1nc2n(c(=O)[nH]1)CCCC2.O=c1nc2n(c(=O)n1CC(O)CN1C3CCC1CC(CCc1ccccc1F)C3)CCCC2.O=c1nc2n(c(=O)n1CC1CO1)CCCC2. The Labute approximate surface area is 349 Å². The number of nitrogens with zero attached hydrogens (tertiary/aromatic N) is 9. The van der Waals surface area contributed by atoms with E-state index in [0.717, 1.165) is 100 Å². The smallest absolute Gasteiger partial charge is 0.353 e. The van der Waals surface area contributed by atoms with Crippen LogP contribution in [-0.4, -0.2) is 90.2 Å². The number of aromatic amines is 1. The molecule has 6 aliphatic heterocycles. The van der Waals surface area contributed by atoms with Crippen LogP contribution in [0.1, 0.15) is 93.7 Å². The van der Waals surface area contributed by atoms with Gasteiger partial charge in [-0.25, -0.2) is 42.3 Å². The monoisotopic (exact) mass is 846 g/mol. The first-order valence-corrected chi connectivity index (χ1v) is 21.9. The summed E-state index contributed by atoms with van der Waals surface area (Å²) in [7, 11) is 0. The van der Waals surface area contributed by atoms with E-state index in [0.29, 0.717) is 81.2 Å². The minimum Gasteiger partial charge on any atom is -0.390 e. The summed E-state index contributed by atoms with van der Waals surface area (Å²) < 4.78 is 26.0. The first-order valence-electron chi connectivity index (χ1n) is 21.9. The molecule has 2 bridgehead atoms. The van der Waals surface area contributed by atoms with Gasteiger partial charge in [0.15, 0.2) is 0 Å². The van der Waals surface area contributed by atoms with Crippen molar-refractivity contribution in [1.82, 2.24) is 47.7 Å². The molecule has 3 fully saturated rings. The minimum absolute atomic E-state index is 0.0163. The van der Waals surface area contributed by atoms with E-state index in [4.69, 9.17) is 4.74 Å². The number of hydrogen-bond acceptors (Lipinski definition) is 12. The van der Waals surface area contributed by atoms with Gasteiger partial charge in [-0.2, -0.15) is 15.0 Å². The average Bonchev–Trinajstić information content (AvgIpc) is 4.05. The van der Waals surface area contributed by atoms with Gasteiger partial charge in [0.05, 0.1) is 31.9 Å². The largest absolute Gasteiger partial charge is 0.390 e. The van der Waals surface area contributed by atoms with Crippen LogP contribution in [0.3, 0.4) is 0 Å². The molecule has 4 unspecified atom stereocenters. The highest BCUT2D eigenvalue weighted by atomic mass is 19.1. The maximum Gasteiger partial charge on any atom is 0.353 e. The number of piperidine rings is 1. The number of ether oxygens (including phenoxy) is 1. The number of aliphatic hydroxyl groups is 1. The Hall–Kier alpha value is -5.14. The van der Waals surface area contributed by atoms with Crippen molar-refractivity contribution >= 4 is 0 Å². The standard InChI is InChI=1S/C25H33FN4O3.C10H13N3O3.C7H9N3O2/c26-22-6-2-1-5-18(22)9-8-17-13-19-10-11-20(14-17)29(19)15-21(31)16-30-24(32)27-23-7-3-4-12-28(23)25(30)33;14-9-11-8-3-1-2-4-12(8)10(15)13(9)5-7-6-16-7;11-6-8-5-3-1-2-4-10(5)7(12)9-6/h1-2,5-6,17,19-21,31H,3-4,7-16H2;7H,1-6H2;1-4H2,(H,9,11,12). The van der Waals surface area contributed by atoms with Gasteiger partial charge in [0.2, 0.25) is 0 Å². The zero-order valence-electron chi connectivity index (χ0n) is 34.5. The van der Waals surface area contributed by atoms with E-state index in [1.54, 1.807) is 15.2 Å². The Bertz CT molecular complexity index is 2560. The zero-order chi connectivity index (χ0) is 42.6. The van der Waals surface area contributed by atoms with Gasteiger partial charge in [-0.1, -0.05) is 18.2 Å². The molecule has 10 rings (SSSR count). The molecule has 2 N–H and O–H groups in total. The molecule has 3 aromatic heterocycles. The molecule has 4 aromatic rings. The van der Waals surface area contributed by atoms with Crippen LogP contribution in [0.15, 0.2) is 53.0 Å². The number of halogens is 1. The second-order valence-corrected chi connectivity index (χ2v) is 17.2. The molecule has 18 nitrogen and oxygen atoms in total. The van der Waals surface area contributed by atoms with Crippen molar-refractivity contribution in [2.24, 2.45) is 5.92 Å². The van der Waals surface area contributed by atoms with Crippen molar-refractivity contribution in [2.75, 3.05) is 13.2 Å². The summed E-state index contributed by atoms with van der Waals surface area (Å²) in [6, 6.07) is 7.83. The molecule has 3 saturated heterocycles. The first-order chi connectivity index (χ1) is 29.5. The van der Waals surface area contributed by atoms with Crippen LogP contribution in [0.4, 0.5) is 4.39 Å². The van der Waals surface area contributed by atoms with Crippen LogP contribution < -0.4 is 34.1 Å². The Morgan fingerprint density at radius 3 is 1.90 bits per heavy atom. The highest BCUT2D eigenvalue weighted by molar-refractivity contribution is 5.17. The number of aromatic nitrogens is 9. The van der Waals surface area contributed by atoms with Crippen LogP contribution in [0.25, 0.3) is 0 Å². The second kappa shape index (κ2) is 18.9. The molecule has 328 valence electrons. The van der Waals surface area contributed by atoms with Gasteiger partial charge in [0, 0.05) is 57.5 Å². The third-order valence-corrected chi connectivity index (χ3v) is 12.9. The molecule has 1 aromatic carbocycles. The van der Waals surface area contributed by atoms with Gasteiger partial charge in [-0.15, -0.1) is 0 Å². The van der Waals surface area contributed by atoms with Gasteiger partial charge in [0.1, 0.15) is 23.3 Å². The zero-order valence-corrected chi connectivity index (χ0v) is 34.5. The van der Waals surface area contributed by atoms with E-state index < -0.39 is 23.2 Å². The molecule has 0 amide bonds. The van der Waals surface area contributed by atoms with Gasteiger partial charge in [0.25, 0.3) is 0 Å². The van der Waals surface area contributed by atoms with E-state index in [1.807, 2.05) is 12.1 Å². The summed E-state index contributed by atoms with van der Waals surface area (Å²) in [6.07, 6.45) is 13.2. The Morgan fingerprint density at radius 1 is 0.738 bits per heavy atom. The molecule has 61 heavy (non-hydrogen) atoms. The molecule has 0 saturated carbocycles. The molecule has 0 spiro atoms. The molecule has 9 heterocycles. The third-order valence-electron chi connectivity index (χ3n) is 12.9. The van der Waals surface area contributed by atoms with E-state index >= 15 is 0 Å². The molecular weight excluding hydrogens is 792 g/mol. The molecule has 0 radical (unpaired) electrons. The van der Waals surface area contributed by atoms with Crippen molar-refractivity contribution in [3.05, 3.63) is 116 Å². The van der Waals surface area contributed by atoms with Gasteiger partial charge in [-0.3, -0.25) is 23.6 Å². The lowest BCUT2D eigenvalue weighted by Crippen LogP contribution is -2.50. The van der Waals surface area contributed by atoms with Gasteiger partial charge < -0.3 is 9.84 Å². The van der Waals surface area contributed by atoms with Crippen molar-refractivity contribution in [2.45, 2.75) is 153 Å². The summed E-state index contributed by atoms with van der Waals surface area (Å²) in [4.78, 5) is 87.1. The lowest BCUT2D eigenvalue weighted by molar-refractivity contribution is 0.0355. The predicted molar refractivity (Wildman–Crippen MR) is 220 cm³/mol. The fourth-order valence-corrected chi connectivity index (χ4v) is 9.71. The first kappa shape index (κ1) is 42.5. The van der Waals surface area contributed by atoms with E-state index in [2.05, 4.69) is 24.8 Å². The summed E-state index contributed by atoms with van der Waals surface area (Å²) in [5.74, 6) is 2.26. The lowest BCUT2D eigenvalue weighted by atomic mass is 9.86. The number of hydrogen-bond donors (Lipinski definition) is 2. The normalized spacial score (nSPS) is 23.0. The highest BCUT2D eigenvalue weighted by Gasteiger charge is 2.41. The third kappa shape index (κ3) is 9.99. The minimum atomic E-state index is -0.794. The Kier molecular flexibility index (Phi) is 13.2. The summed E-state index contributed by atoms with van der Waals surface area (Å²) >= 11 is 0. The number of rotatable bonds is 9. The Morgan fingerprint density at radius 2 is 1.30 bits per heavy atom. The van der Waals surface area contributed by atoms with Crippen molar-refractivity contribution < 1.29 is 14.2 Å². The number of benzene rings is 1. The number of epoxide rings is 1.